The fourth-order valence-electron chi connectivity index (χ4n) is 8.68. The van der Waals surface area contributed by atoms with E-state index in [-0.39, 0.29) is 23.9 Å². The third-order valence-corrected chi connectivity index (χ3v) is 10.8. The van der Waals surface area contributed by atoms with Crippen molar-refractivity contribution in [1.29, 1.82) is 0 Å². The molecule has 4 aliphatic rings. The maximum Gasteiger partial charge on any atom is 0.319 e. The number of rotatable bonds is 6. The highest BCUT2D eigenvalue weighted by Crippen LogP contribution is 2.45. The number of hydrogen-bond acceptors (Lipinski definition) is 8. The number of benzene rings is 3. The van der Waals surface area contributed by atoms with Crippen LogP contribution in [0.15, 0.2) is 54.9 Å². The van der Waals surface area contributed by atoms with Crippen LogP contribution in [0.25, 0.3) is 44.2 Å². The average molecular weight is 638 g/mol. The minimum absolute atomic E-state index is 0.0378. The van der Waals surface area contributed by atoms with Crippen LogP contribution in [0.3, 0.4) is 0 Å². The lowest BCUT2D eigenvalue weighted by atomic mass is 9.91. The maximum absolute atomic E-state index is 17.5. The summed E-state index contributed by atoms with van der Waals surface area (Å²) < 4.78 is 40.4. The summed E-state index contributed by atoms with van der Waals surface area (Å²) in [6.45, 7) is 3.00. The third-order valence-electron chi connectivity index (χ3n) is 10.8. The highest BCUT2D eigenvalue weighted by molar-refractivity contribution is 6.06. The highest BCUT2D eigenvalue weighted by atomic mass is 19.1. The number of anilines is 1. The number of phenolic OH excluding ortho intramolecular Hbond substituents is 1. The first-order chi connectivity index (χ1) is 22.8. The Morgan fingerprint density at radius 2 is 1.87 bits per heavy atom. The minimum atomic E-state index is -0.884. The van der Waals surface area contributed by atoms with Gasteiger partial charge in [-0.3, -0.25) is 4.90 Å². The molecule has 11 heteroatoms. The van der Waals surface area contributed by atoms with Gasteiger partial charge in [0.1, 0.15) is 35.7 Å². The Labute approximate surface area is 271 Å². The molecule has 0 spiro atoms. The molecule has 0 amide bonds. The van der Waals surface area contributed by atoms with E-state index in [4.69, 9.17) is 14.7 Å². The molecule has 3 aromatic carbocycles. The van der Waals surface area contributed by atoms with Crippen LogP contribution in [0.1, 0.15) is 32.1 Å². The molecule has 0 aliphatic carbocycles. The van der Waals surface area contributed by atoms with Crippen LogP contribution in [0.2, 0.25) is 0 Å². The summed E-state index contributed by atoms with van der Waals surface area (Å²) in [4.78, 5) is 18.8. The highest BCUT2D eigenvalue weighted by Gasteiger charge is 2.49. The molecule has 4 aliphatic heterocycles. The number of nitrogens with one attached hydrogen (secondary N) is 1. The molecule has 2 bridgehead atoms. The SMILES string of the molecule is Cn1ccnc1-c1cc2c(N3C[C@H]4CC[C@@H](C3)N4)nc(OC[C@@]34CCCN3C[C@H](F)C4)nc2c(F)c1-c1cc(O)cc2ccccc12. The zero-order valence-electron chi connectivity index (χ0n) is 26.3. The number of halogens is 2. The second kappa shape index (κ2) is 10.8. The van der Waals surface area contributed by atoms with Gasteiger partial charge < -0.3 is 24.6 Å². The molecular formula is C36H37F2N7O2. The van der Waals surface area contributed by atoms with Crippen LogP contribution in [0.4, 0.5) is 14.6 Å². The number of piperazine rings is 1. The number of aromatic nitrogens is 4. The molecule has 242 valence electrons. The fourth-order valence-corrected chi connectivity index (χ4v) is 8.68. The van der Waals surface area contributed by atoms with E-state index in [9.17, 15) is 9.50 Å². The Balaban J connectivity index is 1.26. The molecule has 4 fully saturated rings. The van der Waals surface area contributed by atoms with Gasteiger partial charge in [0.15, 0.2) is 5.82 Å². The van der Waals surface area contributed by atoms with Crippen LogP contribution in [0, 0.1) is 5.82 Å². The molecule has 4 saturated heterocycles. The van der Waals surface area contributed by atoms with Crippen LogP contribution >= 0.6 is 0 Å². The normalized spacial score (nSPS) is 25.7. The summed E-state index contributed by atoms with van der Waals surface area (Å²) in [6, 6.07) is 13.6. The van der Waals surface area contributed by atoms with E-state index in [1.807, 2.05) is 48.1 Å². The molecule has 6 heterocycles. The summed E-state index contributed by atoms with van der Waals surface area (Å²) in [5, 5.41) is 16.6. The number of ether oxygens (including phenoxy) is 1. The van der Waals surface area contributed by atoms with Crippen LogP contribution in [-0.2, 0) is 7.05 Å². The lowest BCUT2D eigenvalue weighted by Gasteiger charge is -2.35. The van der Waals surface area contributed by atoms with E-state index in [0.29, 0.717) is 58.8 Å². The average Bonchev–Trinajstić information content (AvgIpc) is 3.82. The number of hydrogen-bond donors (Lipinski definition) is 2. The van der Waals surface area contributed by atoms with Crippen molar-refractivity contribution >= 4 is 27.5 Å². The predicted molar refractivity (Wildman–Crippen MR) is 177 cm³/mol. The molecule has 47 heavy (non-hydrogen) atoms. The van der Waals surface area contributed by atoms with Gasteiger partial charge in [-0.25, -0.2) is 13.8 Å². The van der Waals surface area contributed by atoms with Crippen molar-refractivity contribution in [2.24, 2.45) is 7.05 Å². The molecule has 9 nitrogen and oxygen atoms in total. The maximum atomic E-state index is 17.5. The Hall–Kier alpha value is -4.35. The first kappa shape index (κ1) is 28.8. The quantitative estimate of drug-likeness (QED) is 0.249. The number of imidazole rings is 1. The van der Waals surface area contributed by atoms with Crippen molar-refractivity contribution in [2.75, 3.05) is 37.7 Å². The second-order valence-corrected chi connectivity index (χ2v) is 13.8. The summed E-state index contributed by atoms with van der Waals surface area (Å²) in [5.74, 6) is 0.715. The topological polar surface area (TPSA) is 91.6 Å². The Morgan fingerprint density at radius 1 is 1.04 bits per heavy atom. The van der Waals surface area contributed by atoms with Crippen LogP contribution < -0.4 is 15.0 Å². The van der Waals surface area contributed by atoms with Crippen molar-refractivity contribution in [3.05, 3.63) is 60.7 Å². The first-order valence-electron chi connectivity index (χ1n) is 16.6. The van der Waals surface area contributed by atoms with Gasteiger partial charge in [0, 0.05) is 74.1 Å². The summed E-state index contributed by atoms with van der Waals surface area (Å²) in [7, 11) is 1.88. The molecule has 0 unspecified atom stereocenters. The lowest BCUT2D eigenvalue weighted by molar-refractivity contribution is 0.107. The van der Waals surface area contributed by atoms with Gasteiger partial charge >= 0.3 is 6.01 Å². The fraction of sp³-hybridized carbons (Fsp3) is 0.417. The molecule has 9 rings (SSSR count). The molecule has 0 radical (unpaired) electrons. The number of phenols is 1. The van der Waals surface area contributed by atoms with E-state index in [1.54, 1.807) is 18.3 Å². The Morgan fingerprint density at radius 3 is 2.68 bits per heavy atom. The first-order valence-corrected chi connectivity index (χ1v) is 16.6. The Bertz CT molecular complexity index is 2020. The number of alkyl halides is 1. The van der Waals surface area contributed by atoms with Crippen molar-refractivity contribution in [2.45, 2.75) is 55.9 Å². The summed E-state index contributed by atoms with van der Waals surface area (Å²) in [5.41, 5.74) is 1.17. The zero-order valence-corrected chi connectivity index (χ0v) is 26.3. The standard InChI is InChI=1S/C36H37F2N7O2/c1-43-12-10-39-33(43)28-15-29-32(31(38)30(28)27-14-25(46)13-21-5-2-3-6-26(21)27)41-35(42-34(29)44-18-23-7-8-24(19-44)40-23)47-20-36-9-4-11-45(36)17-22(37)16-36/h2-3,5-6,10,12-15,22-24,40,46H,4,7-9,11,16-20H2,1H3/t22-,23-,24+,36+/m1/s1. The van der Waals surface area contributed by atoms with Gasteiger partial charge in [-0.15, -0.1) is 0 Å². The molecule has 2 N–H and O–H groups in total. The van der Waals surface area contributed by atoms with E-state index in [2.05, 4.69) is 20.1 Å². The molecule has 4 atom stereocenters. The van der Waals surface area contributed by atoms with Gasteiger partial charge in [0.05, 0.1) is 5.54 Å². The van der Waals surface area contributed by atoms with E-state index >= 15 is 4.39 Å². The van der Waals surface area contributed by atoms with Crippen molar-refractivity contribution in [1.82, 2.24) is 29.7 Å². The summed E-state index contributed by atoms with van der Waals surface area (Å²) in [6.07, 6.45) is 7.08. The van der Waals surface area contributed by atoms with Crippen LogP contribution in [0.5, 0.6) is 11.8 Å². The number of fused-ring (bicyclic) bond motifs is 5. The van der Waals surface area contributed by atoms with Crippen molar-refractivity contribution in [3.63, 3.8) is 0 Å². The number of aromatic hydroxyl groups is 1. The van der Waals surface area contributed by atoms with E-state index in [1.165, 1.54) is 0 Å². The van der Waals surface area contributed by atoms with Crippen molar-refractivity contribution in [3.8, 4) is 34.3 Å². The number of nitrogens with zero attached hydrogens (tertiary/aromatic N) is 6. The van der Waals surface area contributed by atoms with Crippen LogP contribution in [-0.4, -0.2) is 86.1 Å². The van der Waals surface area contributed by atoms with Gasteiger partial charge in [0.25, 0.3) is 0 Å². The molecule has 5 aromatic rings. The lowest BCUT2D eigenvalue weighted by Crippen LogP contribution is -2.51. The van der Waals surface area contributed by atoms with Gasteiger partial charge in [-0.2, -0.15) is 9.97 Å². The predicted octanol–water partition coefficient (Wildman–Crippen LogP) is 5.59. The second-order valence-electron chi connectivity index (χ2n) is 13.8. The molecular weight excluding hydrogens is 600 g/mol. The summed E-state index contributed by atoms with van der Waals surface area (Å²) >= 11 is 0. The van der Waals surface area contributed by atoms with E-state index < -0.39 is 17.5 Å². The molecule has 0 saturated carbocycles. The minimum Gasteiger partial charge on any atom is -0.508 e. The zero-order chi connectivity index (χ0) is 31.9. The Kier molecular flexibility index (Phi) is 6.66. The monoisotopic (exact) mass is 637 g/mol. The van der Waals surface area contributed by atoms with Gasteiger partial charge in [0.2, 0.25) is 0 Å². The smallest absolute Gasteiger partial charge is 0.319 e. The molecule has 2 aromatic heterocycles. The van der Waals surface area contributed by atoms with E-state index in [0.717, 1.165) is 56.1 Å². The number of aryl methyl sites for hydroxylation is 1. The third kappa shape index (κ3) is 4.73. The largest absolute Gasteiger partial charge is 0.508 e. The van der Waals surface area contributed by atoms with Gasteiger partial charge in [-0.1, -0.05) is 24.3 Å². The van der Waals surface area contributed by atoms with Crippen molar-refractivity contribution < 1.29 is 18.6 Å². The van der Waals surface area contributed by atoms with Gasteiger partial charge in [-0.05, 0) is 66.8 Å².